The van der Waals surface area contributed by atoms with E-state index in [1.807, 2.05) is 35.3 Å². The van der Waals surface area contributed by atoms with E-state index in [-0.39, 0.29) is 0 Å². The molecule has 0 saturated carbocycles. The molecule has 0 fully saturated rings. The molecule has 0 aliphatic carbocycles. The molecule has 0 atom stereocenters. The minimum Gasteiger partial charge on any atom is -0.494 e. The van der Waals surface area contributed by atoms with Gasteiger partial charge in [0.1, 0.15) is 5.75 Å². The Labute approximate surface area is 100 Å². The van der Waals surface area contributed by atoms with Gasteiger partial charge in [-0.1, -0.05) is 47.8 Å². The van der Waals surface area contributed by atoms with E-state index < -0.39 is 0 Å². The quantitative estimate of drug-likeness (QED) is 0.684. The maximum absolute atomic E-state index is 5.61. The Morgan fingerprint density at radius 2 is 1.93 bits per heavy atom. The van der Waals surface area contributed by atoms with Gasteiger partial charge in [-0.15, -0.1) is 0 Å². The third kappa shape index (κ3) is 5.03. The summed E-state index contributed by atoms with van der Waals surface area (Å²) < 4.78 is 5.61. The highest BCUT2D eigenvalue weighted by molar-refractivity contribution is 9.11. The summed E-state index contributed by atoms with van der Waals surface area (Å²) in [4.78, 5) is 1.85. The van der Waals surface area contributed by atoms with Crippen LogP contribution in [-0.2, 0) is 0 Å². The summed E-state index contributed by atoms with van der Waals surface area (Å²) in [6.45, 7) is 3.02. The van der Waals surface area contributed by atoms with E-state index >= 15 is 0 Å². The zero-order valence-electron chi connectivity index (χ0n) is 9.08. The van der Waals surface area contributed by atoms with Gasteiger partial charge in [0.05, 0.1) is 6.61 Å². The fourth-order valence-corrected chi connectivity index (χ4v) is 1.60. The topological polar surface area (TPSA) is 9.23 Å². The van der Waals surface area contributed by atoms with Crippen molar-refractivity contribution in [3.8, 4) is 5.75 Å². The van der Waals surface area contributed by atoms with Crippen LogP contribution in [0.1, 0.15) is 31.7 Å². The Bertz CT molecular complexity index is 290. The average Bonchev–Trinajstić information content (AvgIpc) is 2.27. The number of halogens is 1. The molecular weight excluding hydrogens is 252 g/mol. The Morgan fingerprint density at radius 3 is 2.53 bits per heavy atom. The first-order chi connectivity index (χ1) is 7.36. The van der Waals surface area contributed by atoms with E-state index in [1.54, 1.807) is 0 Å². The van der Waals surface area contributed by atoms with Crippen molar-refractivity contribution in [2.24, 2.45) is 0 Å². The fourth-order valence-electron chi connectivity index (χ4n) is 1.29. The molecule has 82 valence electrons. The lowest BCUT2D eigenvalue weighted by atomic mass is 10.2. The van der Waals surface area contributed by atoms with Crippen molar-refractivity contribution in [3.63, 3.8) is 0 Å². The summed E-state index contributed by atoms with van der Waals surface area (Å²) >= 11 is 3.25. The van der Waals surface area contributed by atoms with Crippen molar-refractivity contribution >= 4 is 22.0 Å². The van der Waals surface area contributed by atoms with Crippen LogP contribution in [0.25, 0.3) is 6.08 Å². The van der Waals surface area contributed by atoms with Gasteiger partial charge in [-0.25, -0.2) is 0 Å². The summed E-state index contributed by atoms with van der Waals surface area (Å²) in [5, 5.41) is 0. The van der Waals surface area contributed by atoms with E-state index in [4.69, 9.17) is 4.74 Å². The first-order valence-corrected chi connectivity index (χ1v) is 6.28. The SMILES string of the molecule is CCCCCOc1ccc(/C=C/Br)cc1. The summed E-state index contributed by atoms with van der Waals surface area (Å²) in [6, 6.07) is 8.11. The number of unbranched alkanes of at least 4 members (excludes halogenated alkanes) is 2. The third-order valence-electron chi connectivity index (χ3n) is 2.15. The van der Waals surface area contributed by atoms with Gasteiger partial charge in [0, 0.05) is 0 Å². The number of rotatable bonds is 6. The van der Waals surface area contributed by atoms with Crippen LogP contribution in [0.3, 0.4) is 0 Å². The number of benzene rings is 1. The van der Waals surface area contributed by atoms with Gasteiger partial charge in [-0.2, -0.15) is 0 Å². The van der Waals surface area contributed by atoms with Crippen LogP contribution in [-0.4, -0.2) is 6.61 Å². The smallest absolute Gasteiger partial charge is 0.119 e. The van der Waals surface area contributed by atoms with Gasteiger partial charge in [0.2, 0.25) is 0 Å². The molecule has 1 nitrogen and oxygen atoms in total. The molecule has 2 heteroatoms. The molecule has 0 N–H and O–H groups in total. The van der Waals surface area contributed by atoms with Gasteiger partial charge in [0.25, 0.3) is 0 Å². The highest BCUT2D eigenvalue weighted by Gasteiger charge is 1.93. The minimum absolute atomic E-state index is 0.821. The van der Waals surface area contributed by atoms with Crippen molar-refractivity contribution in [1.82, 2.24) is 0 Å². The minimum atomic E-state index is 0.821. The maximum atomic E-state index is 5.61. The molecule has 0 heterocycles. The normalized spacial score (nSPS) is 10.8. The molecular formula is C13H17BrO. The van der Waals surface area contributed by atoms with E-state index in [9.17, 15) is 0 Å². The molecule has 0 unspecified atom stereocenters. The van der Waals surface area contributed by atoms with E-state index in [0.29, 0.717) is 0 Å². The first-order valence-electron chi connectivity index (χ1n) is 5.36. The largest absolute Gasteiger partial charge is 0.494 e. The number of hydrogen-bond acceptors (Lipinski definition) is 1. The van der Waals surface area contributed by atoms with Crippen LogP contribution in [0.5, 0.6) is 5.75 Å². The van der Waals surface area contributed by atoms with Crippen molar-refractivity contribution in [3.05, 3.63) is 34.8 Å². The molecule has 0 bridgehead atoms. The Morgan fingerprint density at radius 1 is 1.20 bits per heavy atom. The van der Waals surface area contributed by atoms with Crippen LogP contribution < -0.4 is 4.74 Å². The van der Waals surface area contributed by atoms with Gasteiger partial charge in [-0.3, -0.25) is 0 Å². The van der Waals surface area contributed by atoms with E-state index in [0.717, 1.165) is 18.8 Å². The van der Waals surface area contributed by atoms with E-state index in [1.165, 1.54) is 18.4 Å². The van der Waals surface area contributed by atoms with Crippen LogP contribution >= 0.6 is 15.9 Å². The lowest BCUT2D eigenvalue weighted by Crippen LogP contribution is -1.96. The summed E-state index contributed by atoms with van der Waals surface area (Å²) in [7, 11) is 0. The predicted molar refractivity (Wildman–Crippen MR) is 69.4 cm³/mol. The second kappa shape index (κ2) is 7.52. The molecule has 0 spiro atoms. The maximum Gasteiger partial charge on any atom is 0.119 e. The van der Waals surface area contributed by atoms with Gasteiger partial charge in [-0.05, 0) is 35.2 Å². The molecule has 1 aromatic carbocycles. The number of ether oxygens (including phenoxy) is 1. The highest BCUT2D eigenvalue weighted by Crippen LogP contribution is 2.14. The zero-order chi connectivity index (χ0) is 10.9. The first kappa shape index (κ1) is 12.3. The lowest BCUT2D eigenvalue weighted by Gasteiger charge is -2.05. The molecule has 1 aromatic rings. The summed E-state index contributed by atoms with van der Waals surface area (Å²) in [6.07, 6.45) is 5.61. The third-order valence-corrected chi connectivity index (χ3v) is 2.42. The summed E-state index contributed by atoms with van der Waals surface area (Å²) in [5.41, 5.74) is 1.17. The Hall–Kier alpha value is -0.760. The second-order valence-corrected chi connectivity index (χ2v) is 3.95. The predicted octanol–water partition coefficient (Wildman–Crippen LogP) is 4.62. The molecule has 0 aromatic heterocycles. The van der Waals surface area contributed by atoms with Crippen LogP contribution in [0, 0.1) is 0 Å². The van der Waals surface area contributed by atoms with Crippen molar-refractivity contribution in [2.75, 3.05) is 6.61 Å². The van der Waals surface area contributed by atoms with Crippen LogP contribution in [0.2, 0.25) is 0 Å². The van der Waals surface area contributed by atoms with Crippen molar-refractivity contribution in [1.29, 1.82) is 0 Å². The molecule has 1 rings (SSSR count). The summed E-state index contributed by atoms with van der Waals surface area (Å²) in [5.74, 6) is 0.956. The van der Waals surface area contributed by atoms with Crippen LogP contribution in [0.4, 0.5) is 0 Å². The zero-order valence-corrected chi connectivity index (χ0v) is 10.7. The van der Waals surface area contributed by atoms with Crippen molar-refractivity contribution in [2.45, 2.75) is 26.2 Å². The molecule has 15 heavy (non-hydrogen) atoms. The monoisotopic (exact) mass is 268 g/mol. The molecule has 0 aliphatic heterocycles. The fraction of sp³-hybridized carbons (Fsp3) is 0.385. The second-order valence-electron chi connectivity index (χ2n) is 3.42. The Kier molecular flexibility index (Phi) is 6.17. The molecule has 0 amide bonds. The standard InChI is InChI=1S/C13H17BrO/c1-2-3-4-11-15-13-7-5-12(6-8-13)9-10-14/h5-10H,2-4,11H2,1H3/b10-9+. The highest BCUT2D eigenvalue weighted by atomic mass is 79.9. The molecule has 0 radical (unpaired) electrons. The van der Waals surface area contributed by atoms with Crippen molar-refractivity contribution < 1.29 is 4.74 Å². The lowest BCUT2D eigenvalue weighted by molar-refractivity contribution is 0.306. The molecule has 0 aliphatic rings. The Balaban J connectivity index is 2.36. The average molecular weight is 269 g/mol. The van der Waals surface area contributed by atoms with E-state index in [2.05, 4.69) is 22.9 Å². The number of hydrogen-bond donors (Lipinski definition) is 0. The molecule has 0 saturated heterocycles. The van der Waals surface area contributed by atoms with Crippen LogP contribution in [0.15, 0.2) is 29.3 Å². The van der Waals surface area contributed by atoms with Gasteiger partial charge in [0.15, 0.2) is 0 Å². The van der Waals surface area contributed by atoms with Gasteiger partial charge >= 0.3 is 0 Å². The van der Waals surface area contributed by atoms with Gasteiger partial charge < -0.3 is 4.74 Å².